The molecule has 0 saturated carbocycles. The van der Waals surface area contributed by atoms with E-state index in [1.165, 1.54) is 21.3 Å². The van der Waals surface area contributed by atoms with Crippen LogP contribution in [0, 0.1) is 13.8 Å². The summed E-state index contributed by atoms with van der Waals surface area (Å²) in [7, 11) is 2.36. The van der Waals surface area contributed by atoms with Gasteiger partial charge in [-0.2, -0.15) is 0 Å². The number of aryl methyl sites for hydroxylation is 2. The number of ether oxygens (including phenoxy) is 4. The van der Waals surface area contributed by atoms with Gasteiger partial charge in [0.05, 0.1) is 33.3 Å². The van der Waals surface area contributed by atoms with Gasteiger partial charge in [-0.1, -0.05) is 0 Å². The van der Waals surface area contributed by atoms with Crippen molar-refractivity contribution in [3.05, 3.63) is 41.0 Å². The van der Waals surface area contributed by atoms with Crippen molar-refractivity contribution in [3.63, 3.8) is 0 Å². The van der Waals surface area contributed by atoms with Crippen LogP contribution in [0.5, 0.6) is 23.0 Å². The fraction of sp³-hybridized carbons (Fsp3) is 0.368. The molecular weight excluding hydrogens is 370 g/mol. The molecule has 0 radical (unpaired) electrons. The van der Waals surface area contributed by atoms with Crippen LogP contribution in [-0.2, 0) is 16.6 Å². The number of hydrogen-bond donors (Lipinski definition) is 1. The van der Waals surface area contributed by atoms with Crippen LogP contribution < -0.4 is 23.7 Å². The maximum atomic E-state index is 12.8. The third-order valence-electron chi connectivity index (χ3n) is 4.13. The van der Waals surface area contributed by atoms with Gasteiger partial charge in [0.1, 0.15) is 5.75 Å². The SMILES string of the molecule is COc1cc(C)c(S(=O)(=O)NCc2cc(OC)c(OC)c(OC)c2)c(C)c1. The molecule has 0 fully saturated rings. The molecule has 0 aliphatic carbocycles. The minimum atomic E-state index is -3.72. The second-order valence-corrected chi connectivity index (χ2v) is 7.65. The highest BCUT2D eigenvalue weighted by Crippen LogP contribution is 2.38. The molecule has 8 heteroatoms. The van der Waals surface area contributed by atoms with Gasteiger partial charge in [0, 0.05) is 6.54 Å². The van der Waals surface area contributed by atoms with Crippen molar-refractivity contribution in [2.45, 2.75) is 25.3 Å². The summed E-state index contributed by atoms with van der Waals surface area (Å²) >= 11 is 0. The molecule has 0 saturated heterocycles. The van der Waals surface area contributed by atoms with Crippen molar-refractivity contribution in [2.24, 2.45) is 0 Å². The van der Waals surface area contributed by atoms with E-state index in [1.54, 1.807) is 45.2 Å². The molecule has 2 aromatic rings. The van der Waals surface area contributed by atoms with Crippen molar-refractivity contribution >= 4 is 10.0 Å². The standard InChI is InChI=1S/C19H25NO6S/c1-12-7-15(23-3)8-13(2)19(12)27(21,22)20-11-14-9-16(24-4)18(26-6)17(10-14)25-5/h7-10,20H,11H2,1-6H3. The largest absolute Gasteiger partial charge is 0.497 e. The van der Waals surface area contributed by atoms with Crippen LogP contribution in [0.1, 0.15) is 16.7 Å². The van der Waals surface area contributed by atoms with E-state index < -0.39 is 10.0 Å². The van der Waals surface area contributed by atoms with Gasteiger partial charge in [-0.25, -0.2) is 13.1 Å². The van der Waals surface area contributed by atoms with Crippen molar-refractivity contribution in [1.82, 2.24) is 4.72 Å². The van der Waals surface area contributed by atoms with Gasteiger partial charge in [0.25, 0.3) is 0 Å². The second-order valence-electron chi connectivity index (χ2n) is 5.95. The molecule has 0 amide bonds. The van der Waals surface area contributed by atoms with Crippen LogP contribution in [0.2, 0.25) is 0 Å². The Hall–Kier alpha value is -2.45. The van der Waals surface area contributed by atoms with Crippen LogP contribution in [-0.4, -0.2) is 36.9 Å². The Morgan fingerprint density at radius 1 is 0.815 bits per heavy atom. The average molecular weight is 395 g/mol. The van der Waals surface area contributed by atoms with Crippen molar-refractivity contribution in [2.75, 3.05) is 28.4 Å². The van der Waals surface area contributed by atoms with E-state index >= 15 is 0 Å². The molecule has 2 rings (SSSR count). The summed E-state index contributed by atoms with van der Waals surface area (Å²) in [5, 5.41) is 0. The first-order valence-corrected chi connectivity index (χ1v) is 9.69. The predicted molar refractivity (Wildman–Crippen MR) is 103 cm³/mol. The Labute approximate surface area is 160 Å². The Bertz CT molecular complexity index is 876. The Balaban J connectivity index is 2.33. The molecule has 2 aromatic carbocycles. The first-order chi connectivity index (χ1) is 12.8. The normalized spacial score (nSPS) is 11.2. The van der Waals surface area contributed by atoms with Crippen LogP contribution in [0.15, 0.2) is 29.2 Å². The maximum absolute atomic E-state index is 12.8. The van der Waals surface area contributed by atoms with Gasteiger partial charge in [-0.3, -0.25) is 0 Å². The molecule has 0 aliphatic rings. The number of benzene rings is 2. The van der Waals surface area contributed by atoms with Crippen LogP contribution in [0.25, 0.3) is 0 Å². The second kappa shape index (κ2) is 8.49. The Kier molecular flexibility index (Phi) is 6.56. The fourth-order valence-corrected chi connectivity index (χ4v) is 4.41. The van der Waals surface area contributed by atoms with E-state index in [-0.39, 0.29) is 11.4 Å². The van der Waals surface area contributed by atoms with Gasteiger partial charge in [0.15, 0.2) is 11.5 Å². The number of nitrogens with one attached hydrogen (secondary N) is 1. The lowest BCUT2D eigenvalue weighted by molar-refractivity contribution is 0.323. The third kappa shape index (κ3) is 4.45. The zero-order chi connectivity index (χ0) is 20.2. The number of sulfonamides is 1. The topological polar surface area (TPSA) is 83.1 Å². The summed E-state index contributed by atoms with van der Waals surface area (Å²) in [5.74, 6) is 1.99. The molecule has 0 spiro atoms. The average Bonchev–Trinajstić information content (AvgIpc) is 2.64. The molecule has 0 atom stereocenters. The lowest BCUT2D eigenvalue weighted by Gasteiger charge is -2.16. The van der Waals surface area contributed by atoms with E-state index in [1.807, 2.05) is 0 Å². The quantitative estimate of drug-likeness (QED) is 0.740. The number of hydrogen-bond acceptors (Lipinski definition) is 6. The zero-order valence-electron chi connectivity index (χ0n) is 16.4. The lowest BCUT2D eigenvalue weighted by Crippen LogP contribution is -2.25. The van der Waals surface area contributed by atoms with Gasteiger partial charge < -0.3 is 18.9 Å². The maximum Gasteiger partial charge on any atom is 0.241 e. The summed E-state index contributed by atoms with van der Waals surface area (Å²) in [6.07, 6.45) is 0. The highest BCUT2D eigenvalue weighted by Gasteiger charge is 2.21. The predicted octanol–water partition coefficient (Wildman–Crippen LogP) is 2.82. The molecule has 148 valence electrons. The molecule has 1 N–H and O–H groups in total. The van der Waals surface area contributed by atoms with E-state index in [0.717, 1.165) is 0 Å². The van der Waals surface area contributed by atoms with E-state index in [2.05, 4.69) is 4.72 Å². The van der Waals surface area contributed by atoms with Crippen LogP contribution >= 0.6 is 0 Å². The lowest BCUT2D eigenvalue weighted by atomic mass is 10.1. The summed E-state index contributed by atoms with van der Waals surface area (Å²) < 4.78 is 49.4. The summed E-state index contributed by atoms with van der Waals surface area (Å²) in [5.41, 5.74) is 1.91. The molecule has 0 bridgehead atoms. The molecule has 7 nitrogen and oxygen atoms in total. The highest BCUT2D eigenvalue weighted by atomic mass is 32.2. The van der Waals surface area contributed by atoms with Crippen LogP contribution in [0.4, 0.5) is 0 Å². The highest BCUT2D eigenvalue weighted by molar-refractivity contribution is 7.89. The third-order valence-corrected chi connectivity index (χ3v) is 5.83. The molecular formula is C19H25NO6S. The molecule has 0 aromatic heterocycles. The minimum absolute atomic E-state index is 0.0734. The molecule has 27 heavy (non-hydrogen) atoms. The first-order valence-electron chi connectivity index (χ1n) is 8.21. The number of rotatable bonds is 8. The Morgan fingerprint density at radius 2 is 1.33 bits per heavy atom. The summed E-state index contributed by atoms with van der Waals surface area (Å²) in [4.78, 5) is 0.246. The van der Waals surface area contributed by atoms with Gasteiger partial charge in [-0.05, 0) is 54.8 Å². The smallest absolute Gasteiger partial charge is 0.241 e. The van der Waals surface area contributed by atoms with E-state index in [9.17, 15) is 8.42 Å². The van der Waals surface area contributed by atoms with E-state index in [0.29, 0.717) is 39.7 Å². The molecule has 0 heterocycles. The first kappa shape index (κ1) is 20.9. The summed E-state index contributed by atoms with van der Waals surface area (Å²) in [6, 6.07) is 6.80. The number of methoxy groups -OCH3 is 4. The van der Waals surface area contributed by atoms with Crippen LogP contribution in [0.3, 0.4) is 0 Å². The summed E-state index contributed by atoms with van der Waals surface area (Å²) in [6.45, 7) is 3.55. The monoisotopic (exact) mass is 395 g/mol. The van der Waals surface area contributed by atoms with Crippen molar-refractivity contribution in [3.8, 4) is 23.0 Å². The molecule has 0 unspecified atom stereocenters. The van der Waals surface area contributed by atoms with E-state index in [4.69, 9.17) is 18.9 Å². The Morgan fingerprint density at radius 3 is 1.74 bits per heavy atom. The van der Waals surface area contributed by atoms with Gasteiger partial charge in [0.2, 0.25) is 15.8 Å². The van der Waals surface area contributed by atoms with Crippen molar-refractivity contribution < 1.29 is 27.4 Å². The van der Waals surface area contributed by atoms with Gasteiger partial charge in [-0.15, -0.1) is 0 Å². The van der Waals surface area contributed by atoms with Crippen molar-refractivity contribution in [1.29, 1.82) is 0 Å². The van der Waals surface area contributed by atoms with Gasteiger partial charge >= 0.3 is 0 Å². The zero-order valence-corrected chi connectivity index (χ0v) is 17.2. The molecule has 0 aliphatic heterocycles. The fourth-order valence-electron chi connectivity index (χ4n) is 2.94. The minimum Gasteiger partial charge on any atom is -0.497 e.